The van der Waals surface area contributed by atoms with Crippen LogP contribution in [0, 0.1) is 17.6 Å². The van der Waals surface area contributed by atoms with E-state index in [1.807, 2.05) is 0 Å². The van der Waals surface area contributed by atoms with E-state index in [0.717, 1.165) is 12.1 Å². The second-order valence-electron chi connectivity index (χ2n) is 4.36. The molecule has 0 bridgehead atoms. The minimum absolute atomic E-state index is 0.0161. The van der Waals surface area contributed by atoms with Crippen LogP contribution in [0.1, 0.15) is 6.92 Å². The number of amidine groups is 1. The van der Waals surface area contributed by atoms with Gasteiger partial charge in [-0.3, -0.25) is 0 Å². The maximum Gasteiger partial charge on any atom is 0.321 e. The third-order valence-electron chi connectivity index (χ3n) is 2.69. The molecule has 0 aliphatic rings. The molecule has 1 aromatic rings. The van der Waals surface area contributed by atoms with E-state index in [2.05, 4.69) is 10.5 Å². The van der Waals surface area contributed by atoms with E-state index >= 15 is 0 Å². The fraction of sp³-hybridized carbons (Fsp3) is 0.333. The van der Waals surface area contributed by atoms with E-state index in [1.54, 1.807) is 6.92 Å². The van der Waals surface area contributed by atoms with Crippen molar-refractivity contribution in [2.45, 2.75) is 6.92 Å². The molecule has 20 heavy (non-hydrogen) atoms. The molecule has 0 saturated heterocycles. The maximum atomic E-state index is 13.4. The number of benzene rings is 1. The summed E-state index contributed by atoms with van der Waals surface area (Å²) >= 11 is 0. The Morgan fingerprint density at radius 3 is 2.75 bits per heavy atom. The van der Waals surface area contributed by atoms with Crippen LogP contribution in [0.4, 0.5) is 19.3 Å². The number of nitrogens with zero attached hydrogens (tertiary/aromatic N) is 2. The van der Waals surface area contributed by atoms with E-state index in [-0.39, 0.29) is 24.0 Å². The van der Waals surface area contributed by atoms with Crippen molar-refractivity contribution in [1.82, 2.24) is 4.90 Å². The topological polar surface area (TPSA) is 91.0 Å². The van der Waals surface area contributed by atoms with Crippen molar-refractivity contribution in [2.24, 2.45) is 16.8 Å². The number of carbonyl (C=O) groups excluding carboxylic acids is 1. The number of rotatable bonds is 4. The lowest BCUT2D eigenvalue weighted by Gasteiger charge is -2.21. The standard InChI is InChI=1S/C12H16F2N4O2/c1-7(11(15)17-20)6-18(2)12(19)16-10-4-3-8(13)5-9(10)14/h3-5,7,20H,6H2,1-2H3,(H2,15,17)(H,16,19). The van der Waals surface area contributed by atoms with Crippen LogP contribution in [-0.2, 0) is 0 Å². The van der Waals surface area contributed by atoms with Crippen LogP contribution in [0.25, 0.3) is 0 Å². The van der Waals surface area contributed by atoms with Gasteiger partial charge in [-0.15, -0.1) is 0 Å². The number of urea groups is 1. The van der Waals surface area contributed by atoms with Crippen molar-refractivity contribution in [2.75, 3.05) is 18.9 Å². The Morgan fingerprint density at radius 1 is 1.55 bits per heavy atom. The number of halogens is 2. The zero-order chi connectivity index (χ0) is 15.3. The maximum absolute atomic E-state index is 13.4. The van der Waals surface area contributed by atoms with Crippen molar-refractivity contribution < 1.29 is 18.8 Å². The molecular formula is C12H16F2N4O2. The van der Waals surface area contributed by atoms with Gasteiger partial charge in [-0.2, -0.15) is 0 Å². The van der Waals surface area contributed by atoms with E-state index in [9.17, 15) is 13.6 Å². The predicted molar refractivity (Wildman–Crippen MR) is 70.6 cm³/mol. The number of nitrogens with one attached hydrogen (secondary N) is 1. The minimum atomic E-state index is -0.865. The summed E-state index contributed by atoms with van der Waals surface area (Å²) in [7, 11) is 1.47. The van der Waals surface area contributed by atoms with Crippen LogP contribution >= 0.6 is 0 Å². The highest BCUT2D eigenvalue weighted by Gasteiger charge is 2.16. The molecule has 0 heterocycles. The Hall–Kier alpha value is -2.38. The molecule has 0 radical (unpaired) electrons. The van der Waals surface area contributed by atoms with Gasteiger partial charge in [-0.1, -0.05) is 12.1 Å². The first-order chi connectivity index (χ1) is 9.35. The average Bonchev–Trinajstić information content (AvgIpc) is 2.40. The highest BCUT2D eigenvalue weighted by molar-refractivity contribution is 5.90. The number of hydrogen-bond donors (Lipinski definition) is 3. The molecule has 0 fully saturated rings. The van der Waals surface area contributed by atoms with Gasteiger partial charge >= 0.3 is 6.03 Å². The SMILES string of the molecule is CC(CN(C)C(=O)Nc1ccc(F)cc1F)C(N)=NO. The first kappa shape index (κ1) is 15.7. The van der Waals surface area contributed by atoms with Gasteiger partial charge < -0.3 is 21.2 Å². The zero-order valence-corrected chi connectivity index (χ0v) is 11.1. The van der Waals surface area contributed by atoms with E-state index in [4.69, 9.17) is 10.9 Å². The Bertz CT molecular complexity index is 522. The molecule has 0 aliphatic heterocycles. The molecular weight excluding hydrogens is 270 g/mol. The van der Waals surface area contributed by atoms with Gasteiger partial charge in [0, 0.05) is 25.6 Å². The first-order valence-electron chi connectivity index (χ1n) is 5.79. The molecule has 4 N–H and O–H groups in total. The number of oxime groups is 1. The second kappa shape index (κ2) is 6.69. The van der Waals surface area contributed by atoms with E-state index in [1.165, 1.54) is 11.9 Å². The first-order valence-corrected chi connectivity index (χ1v) is 5.79. The molecule has 0 aliphatic carbocycles. The molecule has 0 saturated carbocycles. The summed E-state index contributed by atoms with van der Waals surface area (Å²) in [6, 6.07) is 2.25. The van der Waals surface area contributed by atoms with Gasteiger partial charge in [0.1, 0.15) is 17.5 Å². The third-order valence-corrected chi connectivity index (χ3v) is 2.69. The smallest absolute Gasteiger partial charge is 0.321 e. The van der Waals surface area contributed by atoms with Crippen LogP contribution in [0.5, 0.6) is 0 Å². The van der Waals surface area contributed by atoms with Crippen molar-refractivity contribution in [3.05, 3.63) is 29.8 Å². The molecule has 2 amide bonds. The second-order valence-corrected chi connectivity index (χ2v) is 4.36. The summed E-state index contributed by atoms with van der Waals surface area (Å²) in [5.74, 6) is -1.97. The molecule has 110 valence electrons. The van der Waals surface area contributed by atoms with Gasteiger partial charge in [0.15, 0.2) is 0 Å². The number of hydrogen-bond acceptors (Lipinski definition) is 3. The summed E-state index contributed by atoms with van der Waals surface area (Å²) in [4.78, 5) is 13.0. The highest BCUT2D eigenvalue weighted by atomic mass is 19.1. The monoisotopic (exact) mass is 286 g/mol. The van der Waals surface area contributed by atoms with Crippen molar-refractivity contribution in [3.63, 3.8) is 0 Å². The molecule has 1 aromatic carbocycles. The van der Waals surface area contributed by atoms with Crippen LogP contribution in [-0.4, -0.2) is 35.6 Å². The largest absolute Gasteiger partial charge is 0.409 e. The van der Waals surface area contributed by atoms with Crippen molar-refractivity contribution in [1.29, 1.82) is 0 Å². The Kier molecular flexibility index (Phi) is 5.24. The minimum Gasteiger partial charge on any atom is -0.409 e. The molecule has 8 heteroatoms. The van der Waals surface area contributed by atoms with Crippen molar-refractivity contribution >= 4 is 17.6 Å². The van der Waals surface area contributed by atoms with Gasteiger partial charge in [0.25, 0.3) is 0 Å². The Balaban J connectivity index is 2.66. The summed E-state index contributed by atoms with van der Waals surface area (Å²) in [6.07, 6.45) is 0. The highest BCUT2D eigenvalue weighted by Crippen LogP contribution is 2.15. The molecule has 0 aromatic heterocycles. The fourth-order valence-corrected chi connectivity index (χ4v) is 1.49. The van der Waals surface area contributed by atoms with E-state index < -0.39 is 17.7 Å². The summed E-state index contributed by atoms with van der Waals surface area (Å²) in [5, 5.41) is 13.7. The number of anilines is 1. The summed E-state index contributed by atoms with van der Waals surface area (Å²) in [6.45, 7) is 1.84. The van der Waals surface area contributed by atoms with Gasteiger partial charge in [-0.25, -0.2) is 13.6 Å². The van der Waals surface area contributed by atoms with Crippen LogP contribution in [0.3, 0.4) is 0 Å². The normalized spacial score (nSPS) is 12.9. The molecule has 1 unspecified atom stereocenters. The van der Waals surface area contributed by atoms with Crippen LogP contribution in [0.2, 0.25) is 0 Å². The third kappa shape index (κ3) is 4.08. The summed E-state index contributed by atoms with van der Waals surface area (Å²) in [5.41, 5.74) is 5.27. The molecule has 0 spiro atoms. The van der Waals surface area contributed by atoms with Gasteiger partial charge in [-0.05, 0) is 12.1 Å². The lowest BCUT2D eigenvalue weighted by molar-refractivity contribution is 0.219. The van der Waals surface area contributed by atoms with Crippen LogP contribution < -0.4 is 11.1 Å². The lowest BCUT2D eigenvalue weighted by atomic mass is 10.1. The number of nitrogens with two attached hydrogens (primary N) is 1. The van der Waals surface area contributed by atoms with E-state index in [0.29, 0.717) is 6.07 Å². The Morgan fingerprint density at radius 2 is 2.20 bits per heavy atom. The van der Waals surface area contributed by atoms with Crippen LogP contribution in [0.15, 0.2) is 23.4 Å². The average molecular weight is 286 g/mol. The van der Waals surface area contributed by atoms with Gasteiger partial charge in [0.2, 0.25) is 0 Å². The number of amides is 2. The van der Waals surface area contributed by atoms with Crippen molar-refractivity contribution in [3.8, 4) is 0 Å². The number of carbonyl (C=O) groups is 1. The van der Waals surface area contributed by atoms with Gasteiger partial charge in [0.05, 0.1) is 5.69 Å². The lowest BCUT2D eigenvalue weighted by Crippen LogP contribution is -2.38. The fourth-order valence-electron chi connectivity index (χ4n) is 1.49. The molecule has 6 nitrogen and oxygen atoms in total. The quantitative estimate of drug-likeness (QED) is 0.341. The zero-order valence-electron chi connectivity index (χ0n) is 11.1. The predicted octanol–water partition coefficient (Wildman–Crippen LogP) is 1.81. The molecule has 1 rings (SSSR count). The Labute approximate surface area is 114 Å². The summed E-state index contributed by atoms with van der Waals surface area (Å²) < 4.78 is 26.1. The molecule has 1 atom stereocenters.